The average molecular weight is 229 g/mol. The number of carboxylic acids is 1. The average Bonchev–Trinajstić information content (AvgIpc) is 2.27. The number of carbonyl (C=O) groups excluding carboxylic acids is 2. The molecule has 1 saturated heterocycles. The third-order valence-electron chi connectivity index (χ3n) is 2.65. The van der Waals surface area contributed by atoms with Crippen LogP contribution in [-0.4, -0.2) is 45.0 Å². The van der Waals surface area contributed by atoms with Crippen molar-refractivity contribution in [3.05, 3.63) is 0 Å². The monoisotopic (exact) mass is 229 g/mol. The van der Waals surface area contributed by atoms with Gasteiger partial charge in [0.15, 0.2) is 5.60 Å². The molecule has 2 amide bonds. The van der Waals surface area contributed by atoms with Gasteiger partial charge in [0.2, 0.25) is 11.8 Å². The summed E-state index contributed by atoms with van der Waals surface area (Å²) in [7, 11) is 0. The van der Waals surface area contributed by atoms with Gasteiger partial charge in [0, 0.05) is 6.42 Å². The fraction of sp³-hybridized carbons (Fsp3) is 0.700. The molecular formula is C10H15NO5. The van der Waals surface area contributed by atoms with E-state index in [9.17, 15) is 19.5 Å². The van der Waals surface area contributed by atoms with Crippen LogP contribution in [0.3, 0.4) is 0 Å². The van der Waals surface area contributed by atoms with E-state index in [-0.39, 0.29) is 6.42 Å². The Morgan fingerprint density at radius 3 is 2.31 bits per heavy atom. The molecule has 16 heavy (non-hydrogen) atoms. The Labute approximate surface area is 92.9 Å². The van der Waals surface area contributed by atoms with E-state index < -0.39 is 35.3 Å². The summed E-state index contributed by atoms with van der Waals surface area (Å²) in [5, 5.41) is 18.2. The number of β-amino-alcohol motifs (C(OH)–C–C–N with tert-alkyl or cyclic N) is 1. The molecule has 0 aliphatic carbocycles. The van der Waals surface area contributed by atoms with Gasteiger partial charge < -0.3 is 10.2 Å². The van der Waals surface area contributed by atoms with Gasteiger partial charge in [0.25, 0.3) is 0 Å². The Morgan fingerprint density at radius 2 is 2.00 bits per heavy atom. The molecule has 1 rings (SSSR count). The van der Waals surface area contributed by atoms with Gasteiger partial charge in [-0.3, -0.25) is 14.5 Å². The van der Waals surface area contributed by atoms with Crippen molar-refractivity contribution in [3.8, 4) is 0 Å². The van der Waals surface area contributed by atoms with Gasteiger partial charge in [0.1, 0.15) is 0 Å². The molecule has 0 radical (unpaired) electrons. The van der Waals surface area contributed by atoms with Crippen LogP contribution in [0.25, 0.3) is 0 Å². The summed E-state index contributed by atoms with van der Waals surface area (Å²) >= 11 is 0. The molecule has 0 saturated carbocycles. The van der Waals surface area contributed by atoms with Crippen LogP contribution in [0.5, 0.6) is 0 Å². The predicted octanol–water partition coefficient (Wildman–Crippen LogP) is -0.393. The molecule has 0 spiro atoms. The minimum Gasteiger partial charge on any atom is -0.479 e. The number of rotatable bonds is 3. The smallest absolute Gasteiger partial charge is 0.337 e. The van der Waals surface area contributed by atoms with Crippen molar-refractivity contribution < 1.29 is 24.6 Å². The van der Waals surface area contributed by atoms with Crippen LogP contribution in [0.2, 0.25) is 0 Å². The number of imide groups is 1. The highest BCUT2D eigenvalue weighted by molar-refractivity contribution is 6.05. The predicted molar refractivity (Wildman–Crippen MR) is 53.4 cm³/mol. The second-order valence-corrected chi connectivity index (χ2v) is 4.92. The Bertz CT molecular complexity index is 358. The van der Waals surface area contributed by atoms with Crippen LogP contribution in [0, 0.1) is 5.41 Å². The van der Waals surface area contributed by atoms with Gasteiger partial charge in [-0.05, 0) is 6.92 Å². The van der Waals surface area contributed by atoms with Crippen LogP contribution in [0.4, 0.5) is 0 Å². The number of carbonyl (C=O) groups is 3. The summed E-state index contributed by atoms with van der Waals surface area (Å²) in [5.74, 6) is -2.35. The molecule has 90 valence electrons. The van der Waals surface area contributed by atoms with Crippen LogP contribution in [0.15, 0.2) is 0 Å². The molecule has 0 aromatic heterocycles. The van der Waals surface area contributed by atoms with Crippen LogP contribution < -0.4 is 0 Å². The van der Waals surface area contributed by atoms with Crippen molar-refractivity contribution in [1.29, 1.82) is 0 Å². The first-order valence-corrected chi connectivity index (χ1v) is 4.88. The van der Waals surface area contributed by atoms with Gasteiger partial charge in [-0.1, -0.05) is 13.8 Å². The Kier molecular flexibility index (Phi) is 2.81. The molecule has 6 nitrogen and oxygen atoms in total. The molecule has 1 fully saturated rings. The minimum atomic E-state index is -2.11. The first-order chi connectivity index (χ1) is 7.08. The number of likely N-dealkylation sites (tertiary alicyclic amines) is 1. The molecule has 6 heteroatoms. The summed E-state index contributed by atoms with van der Waals surface area (Å²) < 4.78 is 0. The Morgan fingerprint density at radius 1 is 1.50 bits per heavy atom. The lowest BCUT2D eigenvalue weighted by Crippen LogP contribution is -2.49. The number of hydrogen-bond acceptors (Lipinski definition) is 4. The lowest BCUT2D eigenvalue weighted by atomic mass is 9.92. The molecule has 2 N–H and O–H groups in total. The zero-order valence-electron chi connectivity index (χ0n) is 9.48. The number of nitrogens with zero attached hydrogens (tertiary/aromatic N) is 1. The van der Waals surface area contributed by atoms with E-state index >= 15 is 0 Å². The largest absolute Gasteiger partial charge is 0.479 e. The van der Waals surface area contributed by atoms with Gasteiger partial charge in [0.05, 0.1) is 12.0 Å². The highest BCUT2D eigenvalue weighted by Gasteiger charge is 2.48. The molecule has 1 heterocycles. The van der Waals surface area contributed by atoms with E-state index in [0.717, 1.165) is 11.8 Å². The highest BCUT2D eigenvalue weighted by Crippen LogP contribution is 2.32. The summed E-state index contributed by atoms with van der Waals surface area (Å²) in [6, 6.07) is 0. The quantitative estimate of drug-likeness (QED) is 0.642. The summed E-state index contributed by atoms with van der Waals surface area (Å²) in [6.07, 6.45) is 0.0432. The third-order valence-corrected chi connectivity index (χ3v) is 2.65. The van der Waals surface area contributed by atoms with E-state index in [4.69, 9.17) is 5.11 Å². The summed E-state index contributed by atoms with van der Waals surface area (Å²) in [5.41, 5.74) is -2.92. The lowest BCUT2D eigenvalue weighted by molar-refractivity contribution is -0.161. The summed E-state index contributed by atoms with van der Waals surface area (Å²) in [6.45, 7) is 3.77. The normalized spacial score (nSPS) is 23.4. The van der Waals surface area contributed by atoms with Crippen LogP contribution >= 0.6 is 0 Å². The van der Waals surface area contributed by atoms with Crippen LogP contribution in [-0.2, 0) is 14.4 Å². The molecule has 0 aromatic rings. The first kappa shape index (κ1) is 12.6. The topological polar surface area (TPSA) is 94.9 Å². The van der Waals surface area contributed by atoms with Crippen molar-refractivity contribution in [3.63, 3.8) is 0 Å². The molecule has 0 bridgehead atoms. The number of aliphatic hydroxyl groups is 1. The number of hydrogen-bond donors (Lipinski definition) is 2. The molecule has 1 atom stereocenters. The lowest BCUT2D eigenvalue weighted by Gasteiger charge is -2.25. The number of amides is 2. The van der Waals surface area contributed by atoms with E-state index in [1.807, 2.05) is 0 Å². The Balaban J connectivity index is 2.88. The maximum atomic E-state index is 11.7. The maximum absolute atomic E-state index is 11.7. The van der Waals surface area contributed by atoms with Crippen molar-refractivity contribution in [2.75, 3.05) is 6.54 Å². The standard InChI is InChI=1S/C10H15NO5/c1-9(2)4-6(12)11(7(9)13)5-10(3,16)8(14)15/h16H,4-5H2,1-3H3,(H,14,15). The molecular weight excluding hydrogens is 214 g/mol. The molecule has 1 aliphatic heterocycles. The zero-order valence-corrected chi connectivity index (χ0v) is 9.48. The van der Waals surface area contributed by atoms with Gasteiger partial charge >= 0.3 is 5.97 Å². The van der Waals surface area contributed by atoms with Crippen molar-refractivity contribution in [2.24, 2.45) is 5.41 Å². The van der Waals surface area contributed by atoms with E-state index in [1.165, 1.54) is 0 Å². The van der Waals surface area contributed by atoms with E-state index in [0.29, 0.717) is 0 Å². The Hall–Kier alpha value is -1.43. The fourth-order valence-electron chi connectivity index (χ4n) is 1.56. The van der Waals surface area contributed by atoms with Crippen molar-refractivity contribution in [2.45, 2.75) is 32.8 Å². The first-order valence-electron chi connectivity index (χ1n) is 4.88. The second kappa shape index (κ2) is 3.55. The number of aliphatic carboxylic acids is 1. The number of carboxylic acid groups (broad SMARTS) is 1. The fourth-order valence-corrected chi connectivity index (χ4v) is 1.56. The van der Waals surface area contributed by atoms with Gasteiger partial charge in [-0.25, -0.2) is 4.79 Å². The molecule has 1 unspecified atom stereocenters. The molecule has 0 aromatic carbocycles. The third kappa shape index (κ3) is 2.06. The summed E-state index contributed by atoms with van der Waals surface area (Å²) in [4.78, 5) is 34.7. The van der Waals surface area contributed by atoms with Crippen molar-refractivity contribution in [1.82, 2.24) is 4.90 Å². The van der Waals surface area contributed by atoms with E-state index in [1.54, 1.807) is 13.8 Å². The molecule has 1 aliphatic rings. The SMILES string of the molecule is CC1(C)CC(=O)N(CC(C)(O)C(=O)O)C1=O. The van der Waals surface area contributed by atoms with Crippen LogP contribution in [0.1, 0.15) is 27.2 Å². The van der Waals surface area contributed by atoms with Gasteiger partial charge in [-0.15, -0.1) is 0 Å². The van der Waals surface area contributed by atoms with Crippen molar-refractivity contribution >= 4 is 17.8 Å². The van der Waals surface area contributed by atoms with Gasteiger partial charge in [-0.2, -0.15) is 0 Å². The zero-order chi connectivity index (χ0) is 12.7. The second-order valence-electron chi connectivity index (χ2n) is 4.92. The minimum absolute atomic E-state index is 0.0432. The van der Waals surface area contributed by atoms with E-state index in [2.05, 4.69) is 0 Å². The highest BCUT2D eigenvalue weighted by atomic mass is 16.4. The maximum Gasteiger partial charge on any atom is 0.337 e.